The van der Waals surface area contributed by atoms with Gasteiger partial charge in [-0.3, -0.25) is 0 Å². The van der Waals surface area contributed by atoms with Crippen LogP contribution in [-0.2, 0) is 6.42 Å². The quantitative estimate of drug-likeness (QED) is 0.442. The minimum absolute atomic E-state index is 0.306. The number of para-hydroxylation sites is 1. The normalized spacial score (nSPS) is 11.3. The van der Waals surface area contributed by atoms with Gasteiger partial charge in [0.25, 0.3) is 0 Å². The van der Waals surface area contributed by atoms with Crippen LogP contribution >= 0.6 is 11.3 Å². The second kappa shape index (κ2) is 7.01. The molecule has 2 aromatic carbocycles. The van der Waals surface area contributed by atoms with E-state index in [9.17, 15) is 4.39 Å². The summed E-state index contributed by atoms with van der Waals surface area (Å²) in [6, 6.07) is 14.6. The Morgan fingerprint density at radius 1 is 1.07 bits per heavy atom. The second-order valence-electron chi connectivity index (χ2n) is 6.45. The summed E-state index contributed by atoms with van der Waals surface area (Å²) in [4.78, 5) is 17.6. The Morgan fingerprint density at radius 2 is 2.00 bits per heavy atom. The van der Waals surface area contributed by atoms with E-state index in [-0.39, 0.29) is 5.82 Å². The first kappa shape index (κ1) is 16.8. The average Bonchev–Trinajstić information content (AvgIpc) is 3.35. The first-order chi connectivity index (χ1) is 13.8. The summed E-state index contributed by atoms with van der Waals surface area (Å²) in [5.41, 5.74) is 5.52. The zero-order chi connectivity index (χ0) is 18.9. The third kappa shape index (κ3) is 3.10. The van der Waals surface area contributed by atoms with Gasteiger partial charge < -0.3 is 10.3 Å². The van der Waals surface area contributed by atoms with Crippen LogP contribution in [0.4, 0.5) is 10.2 Å². The molecule has 0 bridgehead atoms. The molecular formula is C21H16FN5S. The number of hydrogen-bond acceptors (Lipinski definition) is 5. The SMILES string of the molecule is Fc1cccc(-c2nc(NCCc3c[nH]c4ccccc34)c3ncsc3n2)c1. The molecule has 2 N–H and O–H groups in total. The minimum Gasteiger partial charge on any atom is -0.368 e. The van der Waals surface area contributed by atoms with Crippen LogP contribution in [0.3, 0.4) is 0 Å². The molecule has 138 valence electrons. The van der Waals surface area contributed by atoms with E-state index in [1.807, 2.05) is 18.3 Å². The largest absolute Gasteiger partial charge is 0.368 e. The Bertz CT molecular complexity index is 1280. The number of thiazole rings is 1. The molecule has 0 saturated heterocycles. The van der Waals surface area contributed by atoms with Gasteiger partial charge in [0.15, 0.2) is 11.6 Å². The van der Waals surface area contributed by atoms with Gasteiger partial charge in [-0.25, -0.2) is 19.3 Å². The standard InChI is InChI=1S/C21H16FN5S/c22-15-5-3-4-13(10-15)19-26-20(18-21(27-19)28-12-25-18)23-9-8-14-11-24-17-7-2-1-6-16(14)17/h1-7,10-12,24H,8-9H2,(H,23,26,27). The van der Waals surface area contributed by atoms with Crippen molar-refractivity contribution in [3.8, 4) is 11.4 Å². The van der Waals surface area contributed by atoms with Crippen molar-refractivity contribution in [2.45, 2.75) is 6.42 Å². The lowest BCUT2D eigenvalue weighted by molar-refractivity contribution is 0.628. The molecule has 0 spiro atoms. The Labute approximate surface area is 164 Å². The Kier molecular flexibility index (Phi) is 4.21. The number of nitrogens with one attached hydrogen (secondary N) is 2. The van der Waals surface area contributed by atoms with E-state index in [0.29, 0.717) is 23.8 Å². The molecule has 0 aliphatic carbocycles. The molecule has 0 atom stereocenters. The molecule has 28 heavy (non-hydrogen) atoms. The molecule has 5 nitrogen and oxygen atoms in total. The van der Waals surface area contributed by atoms with Crippen molar-refractivity contribution in [2.24, 2.45) is 0 Å². The Balaban J connectivity index is 1.43. The maximum Gasteiger partial charge on any atom is 0.163 e. The van der Waals surface area contributed by atoms with Gasteiger partial charge in [-0.1, -0.05) is 30.3 Å². The summed E-state index contributed by atoms with van der Waals surface area (Å²) in [7, 11) is 0. The van der Waals surface area contributed by atoms with E-state index < -0.39 is 0 Å². The molecule has 5 rings (SSSR count). The first-order valence-electron chi connectivity index (χ1n) is 8.94. The summed E-state index contributed by atoms with van der Waals surface area (Å²) in [5, 5.41) is 4.61. The summed E-state index contributed by atoms with van der Waals surface area (Å²) < 4.78 is 13.6. The van der Waals surface area contributed by atoms with Crippen LogP contribution in [0.25, 0.3) is 32.6 Å². The number of fused-ring (bicyclic) bond motifs is 2. The third-order valence-corrected chi connectivity index (χ3v) is 5.36. The fraction of sp³-hybridized carbons (Fsp3) is 0.0952. The molecule has 0 fully saturated rings. The van der Waals surface area contributed by atoms with E-state index in [0.717, 1.165) is 22.3 Å². The van der Waals surface area contributed by atoms with Crippen LogP contribution in [0.1, 0.15) is 5.56 Å². The lowest BCUT2D eigenvalue weighted by Crippen LogP contribution is -2.08. The predicted octanol–water partition coefficient (Wildman–Crippen LogP) is 5.03. The highest BCUT2D eigenvalue weighted by molar-refractivity contribution is 7.16. The van der Waals surface area contributed by atoms with Crippen molar-refractivity contribution >= 4 is 38.4 Å². The van der Waals surface area contributed by atoms with E-state index in [1.54, 1.807) is 17.6 Å². The van der Waals surface area contributed by atoms with Crippen LogP contribution in [0.15, 0.2) is 60.2 Å². The fourth-order valence-electron chi connectivity index (χ4n) is 3.30. The number of H-pyrrole nitrogens is 1. The number of aromatic amines is 1. The van der Waals surface area contributed by atoms with Gasteiger partial charge in [0.2, 0.25) is 0 Å². The summed E-state index contributed by atoms with van der Waals surface area (Å²) in [6.07, 6.45) is 2.89. The van der Waals surface area contributed by atoms with Crippen LogP contribution in [0, 0.1) is 5.82 Å². The summed E-state index contributed by atoms with van der Waals surface area (Å²) >= 11 is 1.45. The molecule has 5 aromatic rings. The first-order valence-corrected chi connectivity index (χ1v) is 9.82. The van der Waals surface area contributed by atoms with Gasteiger partial charge in [0.1, 0.15) is 16.2 Å². The van der Waals surface area contributed by atoms with Gasteiger partial charge in [0, 0.05) is 29.2 Å². The Hall–Kier alpha value is -3.32. The topological polar surface area (TPSA) is 66.5 Å². The highest BCUT2D eigenvalue weighted by atomic mass is 32.1. The second-order valence-corrected chi connectivity index (χ2v) is 7.28. The number of halogens is 1. The predicted molar refractivity (Wildman–Crippen MR) is 111 cm³/mol. The molecule has 0 amide bonds. The number of rotatable bonds is 5. The maximum absolute atomic E-state index is 13.6. The number of anilines is 1. The van der Waals surface area contributed by atoms with E-state index in [4.69, 9.17) is 0 Å². The van der Waals surface area contributed by atoms with E-state index in [1.165, 1.54) is 34.4 Å². The molecule has 0 unspecified atom stereocenters. The monoisotopic (exact) mass is 389 g/mol. The molecule has 0 radical (unpaired) electrons. The van der Waals surface area contributed by atoms with Crippen LogP contribution in [0.2, 0.25) is 0 Å². The van der Waals surface area contributed by atoms with Crippen molar-refractivity contribution in [3.63, 3.8) is 0 Å². The molecule has 0 aliphatic rings. The highest BCUT2D eigenvalue weighted by Gasteiger charge is 2.12. The molecule has 0 saturated carbocycles. The van der Waals surface area contributed by atoms with E-state index >= 15 is 0 Å². The molecule has 0 aliphatic heterocycles. The van der Waals surface area contributed by atoms with Gasteiger partial charge in [-0.15, -0.1) is 11.3 Å². The van der Waals surface area contributed by atoms with Crippen LogP contribution in [-0.4, -0.2) is 26.5 Å². The summed E-state index contributed by atoms with van der Waals surface area (Å²) in [5.74, 6) is 0.857. The van der Waals surface area contributed by atoms with Crippen LogP contribution < -0.4 is 5.32 Å². The summed E-state index contributed by atoms with van der Waals surface area (Å²) in [6.45, 7) is 0.702. The van der Waals surface area contributed by atoms with Crippen molar-refractivity contribution in [2.75, 3.05) is 11.9 Å². The van der Waals surface area contributed by atoms with Crippen molar-refractivity contribution in [1.82, 2.24) is 19.9 Å². The zero-order valence-electron chi connectivity index (χ0n) is 14.8. The molecule has 7 heteroatoms. The number of hydrogen-bond donors (Lipinski definition) is 2. The smallest absolute Gasteiger partial charge is 0.163 e. The third-order valence-electron chi connectivity index (χ3n) is 4.64. The van der Waals surface area contributed by atoms with E-state index in [2.05, 4.69) is 37.4 Å². The molecule has 3 aromatic heterocycles. The fourth-order valence-corrected chi connectivity index (χ4v) is 3.95. The lowest BCUT2D eigenvalue weighted by atomic mass is 10.1. The highest BCUT2D eigenvalue weighted by Crippen LogP contribution is 2.27. The van der Waals surface area contributed by atoms with Crippen molar-refractivity contribution < 1.29 is 4.39 Å². The van der Waals surface area contributed by atoms with Gasteiger partial charge in [0.05, 0.1) is 5.51 Å². The number of aromatic nitrogens is 4. The number of nitrogens with zero attached hydrogens (tertiary/aromatic N) is 3. The van der Waals surface area contributed by atoms with Crippen molar-refractivity contribution in [1.29, 1.82) is 0 Å². The minimum atomic E-state index is -0.306. The van der Waals surface area contributed by atoms with Crippen LogP contribution in [0.5, 0.6) is 0 Å². The number of benzene rings is 2. The van der Waals surface area contributed by atoms with Gasteiger partial charge >= 0.3 is 0 Å². The van der Waals surface area contributed by atoms with Crippen molar-refractivity contribution in [3.05, 3.63) is 71.6 Å². The average molecular weight is 389 g/mol. The Morgan fingerprint density at radius 3 is 2.93 bits per heavy atom. The van der Waals surface area contributed by atoms with Gasteiger partial charge in [-0.2, -0.15) is 0 Å². The maximum atomic E-state index is 13.6. The van der Waals surface area contributed by atoms with Gasteiger partial charge in [-0.05, 0) is 30.2 Å². The molecule has 3 heterocycles. The zero-order valence-corrected chi connectivity index (χ0v) is 15.6. The molecular weight excluding hydrogens is 373 g/mol. The lowest BCUT2D eigenvalue weighted by Gasteiger charge is -2.08.